The largest absolute Gasteiger partial charge is 0.497 e. The van der Waals surface area contributed by atoms with Crippen LogP contribution >= 0.6 is 0 Å². The van der Waals surface area contributed by atoms with Crippen LogP contribution in [0.2, 0.25) is 0 Å². The van der Waals surface area contributed by atoms with Gasteiger partial charge in [0.2, 0.25) is 0 Å². The van der Waals surface area contributed by atoms with Gasteiger partial charge in [0.05, 0.1) is 7.11 Å². The first kappa shape index (κ1) is 19.1. The first-order chi connectivity index (χ1) is 13.0. The fraction of sp³-hybridized carbons (Fsp3) is 0.409. The van der Waals surface area contributed by atoms with Crippen LogP contribution in [0.1, 0.15) is 26.7 Å². The molecule has 1 fully saturated rings. The second-order valence-corrected chi connectivity index (χ2v) is 7.14. The van der Waals surface area contributed by atoms with E-state index in [1.54, 1.807) is 38.3 Å². The number of benzene rings is 2. The van der Waals surface area contributed by atoms with Crippen LogP contribution in [0.5, 0.6) is 11.5 Å². The number of hydrogen-bond donors (Lipinski definition) is 1. The summed E-state index contributed by atoms with van der Waals surface area (Å²) in [4.78, 5) is 14.8. The zero-order valence-corrected chi connectivity index (χ0v) is 16.3. The Morgan fingerprint density at radius 2 is 1.63 bits per heavy atom. The van der Waals surface area contributed by atoms with Crippen LogP contribution in [0.4, 0.5) is 11.4 Å². The van der Waals surface area contributed by atoms with Crippen LogP contribution in [0.25, 0.3) is 0 Å². The van der Waals surface area contributed by atoms with Gasteiger partial charge in [-0.1, -0.05) is 6.92 Å². The van der Waals surface area contributed by atoms with Crippen molar-refractivity contribution in [3.05, 3.63) is 48.5 Å². The molecule has 0 bridgehead atoms. The third kappa shape index (κ3) is 5.16. The molecule has 2 aromatic rings. The molecule has 1 N–H and O–H groups in total. The first-order valence-corrected chi connectivity index (χ1v) is 9.51. The standard InChI is InChI=1S/C22H28N2O3/c1-16-12-14-24(15-13-16)19-6-4-18(5-7-19)23-22(25)17(2)27-21-10-8-20(26-3)9-11-21/h4-11,16-17H,12-15H2,1-3H3,(H,23,25). The molecule has 1 saturated heterocycles. The van der Waals surface area contributed by atoms with Crippen molar-refractivity contribution in [2.45, 2.75) is 32.8 Å². The summed E-state index contributed by atoms with van der Waals surface area (Å²) in [6, 6.07) is 15.2. The summed E-state index contributed by atoms with van der Waals surface area (Å²) < 4.78 is 10.8. The maximum absolute atomic E-state index is 12.4. The van der Waals surface area contributed by atoms with Gasteiger partial charge in [0.25, 0.3) is 5.91 Å². The minimum Gasteiger partial charge on any atom is -0.497 e. The Balaban J connectivity index is 1.53. The van der Waals surface area contributed by atoms with Gasteiger partial charge in [0.1, 0.15) is 11.5 Å². The fourth-order valence-electron chi connectivity index (χ4n) is 3.18. The molecule has 1 heterocycles. The number of hydrogen-bond acceptors (Lipinski definition) is 4. The topological polar surface area (TPSA) is 50.8 Å². The Labute approximate surface area is 161 Å². The average Bonchev–Trinajstić information content (AvgIpc) is 2.70. The SMILES string of the molecule is COc1ccc(OC(C)C(=O)Nc2ccc(N3CCC(C)CC3)cc2)cc1. The zero-order chi connectivity index (χ0) is 19.2. The first-order valence-electron chi connectivity index (χ1n) is 9.51. The normalized spacial score (nSPS) is 15.9. The van der Waals surface area contributed by atoms with Crippen molar-refractivity contribution in [1.82, 2.24) is 0 Å². The van der Waals surface area contributed by atoms with Crippen LogP contribution in [-0.2, 0) is 4.79 Å². The molecule has 5 heteroatoms. The van der Waals surface area contributed by atoms with Crippen molar-refractivity contribution in [2.24, 2.45) is 5.92 Å². The number of ether oxygens (including phenoxy) is 2. The maximum Gasteiger partial charge on any atom is 0.265 e. The molecule has 0 saturated carbocycles. The number of nitrogens with one attached hydrogen (secondary N) is 1. The molecule has 0 radical (unpaired) electrons. The van der Waals surface area contributed by atoms with E-state index in [2.05, 4.69) is 29.3 Å². The van der Waals surface area contributed by atoms with Crippen LogP contribution in [0.3, 0.4) is 0 Å². The summed E-state index contributed by atoms with van der Waals surface area (Å²) in [5.74, 6) is 2.02. The summed E-state index contributed by atoms with van der Waals surface area (Å²) in [6.45, 7) is 6.24. The molecule has 0 aromatic heterocycles. The quantitative estimate of drug-likeness (QED) is 0.824. The lowest BCUT2D eigenvalue weighted by molar-refractivity contribution is -0.122. The van der Waals surface area contributed by atoms with E-state index >= 15 is 0 Å². The Morgan fingerprint density at radius 3 is 2.22 bits per heavy atom. The van der Waals surface area contributed by atoms with Crippen molar-refractivity contribution >= 4 is 17.3 Å². The van der Waals surface area contributed by atoms with E-state index in [4.69, 9.17) is 9.47 Å². The number of rotatable bonds is 6. The van der Waals surface area contributed by atoms with E-state index in [0.29, 0.717) is 5.75 Å². The molecule has 1 amide bonds. The van der Waals surface area contributed by atoms with Gasteiger partial charge in [-0.2, -0.15) is 0 Å². The second-order valence-electron chi connectivity index (χ2n) is 7.14. The van der Waals surface area contributed by atoms with Gasteiger partial charge in [0, 0.05) is 24.5 Å². The smallest absolute Gasteiger partial charge is 0.265 e. The van der Waals surface area contributed by atoms with E-state index in [1.807, 2.05) is 12.1 Å². The number of amides is 1. The van der Waals surface area contributed by atoms with Gasteiger partial charge in [0.15, 0.2) is 6.10 Å². The zero-order valence-electron chi connectivity index (χ0n) is 16.3. The molecule has 0 spiro atoms. The Hall–Kier alpha value is -2.69. The van der Waals surface area contributed by atoms with Crippen molar-refractivity contribution in [1.29, 1.82) is 0 Å². The lowest BCUT2D eigenvalue weighted by Gasteiger charge is -2.32. The summed E-state index contributed by atoms with van der Waals surface area (Å²) in [5.41, 5.74) is 1.99. The van der Waals surface area contributed by atoms with Gasteiger partial charge in [-0.3, -0.25) is 4.79 Å². The number of nitrogens with zero attached hydrogens (tertiary/aromatic N) is 1. The Bertz CT molecular complexity index is 735. The maximum atomic E-state index is 12.4. The molecule has 0 aliphatic carbocycles. The average molecular weight is 368 g/mol. The highest BCUT2D eigenvalue weighted by molar-refractivity contribution is 5.94. The second kappa shape index (κ2) is 8.80. The van der Waals surface area contributed by atoms with Gasteiger partial charge >= 0.3 is 0 Å². The number of carbonyl (C=O) groups excluding carboxylic acids is 1. The highest BCUT2D eigenvalue weighted by atomic mass is 16.5. The third-order valence-corrected chi connectivity index (χ3v) is 5.03. The summed E-state index contributed by atoms with van der Waals surface area (Å²) in [6.07, 6.45) is 1.87. The van der Waals surface area contributed by atoms with Crippen molar-refractivity contribution in [3.63, 3.8) is 0 Å². The van der Waals surface area contributed by atoms with Crippen LogP contribution in [-0.4, -0.2) is 32.2 Å². The highest BCUT2D eigenvalue weighted by Crippen LogP contribution is 2.24. The molecule has 1 aliphatic heterocycles. The van der Waals surface area contributed by atoms with Gasteiger partial charge in [-0.15, -0.1) is 0 Å². The Kier molecular flexibility index (Phi) is 6.22. The molecule has 1 unspecified atom stereocenters. The molecular formula is C22H28N2O3. The van der Waals surface area contributed by atoms with Crippen molar-refractivity contribution in [2.75, 3.05) is 30.4 Å². The predicted molar refractivity (Wildman–Crippen MR) is 109 cm³/mol. The lowest BCUT2D eigenvalue weighted by Crippen LogP contribution is -2.32. The van der Waals surface area contributed by atoms with Gasteiger partial charge < -0.3 is 19.7 Å². The minimum atomic E-state index is -0.596. The van der Waals surface area contributed by atoms with E-state index < -0.39 is 6.10 Å². The minimum absolute atomic E-state index is 0.176. The van der Waals surface area contributed by atoms with Gasteiger partial charge in [-0.05, 0) is 74.2 Å². The molecule has 144 valence electrons. The van der Waals surface area contributed by atoms with E-state index in [0.717, 1.165) is 30.4 Å². The van der Waals surface area contributed by atoms with Crippen molar-refractivity contribution in [3.8, 4) is 11.5 Å². The molecule has 5 nitrogen and oxygen atoms in total. The molecular weight excluding hydrogens is 340 g/mol. The number of anilines is 2. The van der Waals surface area contributed by atoms with E-state index in [9.17, 15) is 4.79 Å². The summed E-state index contributed by atoms with van der Waals surface area (Å²) in [7, 11) is 1.61. The number of piperidine rings is 1. The summed E-state index contributed by atoms with van der Waals surface area (Å²) in [5, 5.41) is 2.91. The lowest BCUT2D eigenvalue weighted by atomic mass is 9.99. The van der Waals surface area contributed by atoms with E-state index in [1.165, 1.54) is 18.5 Å². The Morgan fingerprint density at radius 1 is 1.04 bits per heavy atom. The number of carbonyl (C=O) groups is 1. The van der Waals surface area contributed by atoms with Gasteiger partial charge in [-0.25, -0.2) is 0 Å². The van der Waals surface area contributed by atoms with Crippen LogP contribution in [0, 0.1) is 5.92 Å². The highest BCUT2D eigenvalue weighted by Gasteiger charge is 2.17. The van der Waals surface area contributed by atoms with Crippen LogP contribution < -0.4 is 19.7 Å². The monoisotopic (exact) mass is 368 g/mol. The molecule has 2 aromatic carbocycles. The molecule has 27 heavy (non-hydrogen) atoms. The van der Waals surface area contributed by atoms with E-state index in [-0.39, 0.29) is 5.91 Å². The molecule has 1 aliphatic rings. The summed E-state index contributed by atoms with van der Waals surface area (Å²) >= 11 is 0. The van der Waals surface area contributed by atoms with Crippen LogP contribution in [0.15, 0.2) is 48.5 Å². The fourth-order valence-corrected chi connectivity index (χ4v) is 3.18. The number of methoxy groups -OCH3 is 1. The molecule has 3 rings (SSSR count). The van der Waals surface area contributed by atoms with Crippen molar-refractivity contribution < 1.29 is 14.3 Å². The third-order valence-electron chi connectivity index (χ3n) is 5.03. The molecule has 1 atom stereocenters. The predicted octanol–water partition coefficient (Wildman–Crippen LogP) is 4.34.